The molecule has 4 aromatic carbocycles. The van der Waals surface area contributed by atoms with Crippen LogP contribution in [0.4, 0.5) is 26.2 Å². The molecule has 79 heavy (non-hydrogen) atoms. The van der Waals surface area contributed by atoms with Crippen molar-refractivity contribution >= 4 is 58.4 Å². The zero-order valence-corrected chi connectivity index (χ0v) is 46.5. The van der Waals surface area contributed by atoms with Gasteiger partial charge >= 0.3 is 0 Å². The molecule has 0 spiro atoms. The molecule has 6 rings (SSSR count). The van der Waals surface area contributed by atoms with E-state index < -0.39 is 52.3 Å². The lowest BCUT2D eigenvalue weighted by Gasteiger charge is -2.37. The van der Waals surface area contributed by atoms with Crippen LogP contribution in [0.2, 0.25) is 10.0 Å². The number of nitrogens with zero attached hydrogens (tertiary/aromatic N) is 3. The van der Waals surface area contributed by atoms with Crippen LogP contribution in [0.25, 0.3) is 0 Å². The monoisotopic (exact) mass is 1130 g/mol. The summed E-state index contributed by atoms with van der Waals surface area (Å²) in [5.74, 6) is -2.53. The van der Waals surface area contributed by atoms with Gasteiger partial charge < -0.3 is 61.2 Å². The average molecular weight is 1130 g/mol. The zero-order chi connectivity index (χ0) is 57.1. The van der Waals surface area contributed by atoms with E-state index in [1.807, 2.05) is 52.0 Å². The molecule has 22 heteroatoms. The fourth-order valence-electron chi connectivity index (χ4n) is 9.38. The summed E-state index contributed by atoms with van der Waals surface area (Å²) in [7, 11) is 1.37. The third kappa shape index (κ3) is 16.6. The Balaban J connectivity index is 0.880. The molecule has 0 saturated carbocycles. The summed E-state index contributed by atoms with van der Waals surface area (Å²) in [6, 6.07) is 20.5. The lowest BCUT2D eigenvalue weighted by molar-refractivity contribution is -0.121. The predicted octanol–water partition coefficient (Wildman–Crippen LogP) is 8.13. The zero-order valence-electron chi connectivity index (χ0n) is 45.0. The van der Waals surface area contributed by atoms with Gasteiger partial charge in [-0.15, -0.1) is 0 Å². The van der Waals surface area contributed by atoms with Gasteiger partial charge in [0.1, 0.15) is 28.5 Å². The Bertz CT molecular complexity index is 2930. The number of nitrogens with two attached hydrogens (primary N) is 2. The first-order chi connectivity index (χ1) is 37.9. The van der Waals surface area contributed by atoms with Gasteiger partial charge in [0.15, 0.2) is 11.6 Å². The van der Waals surface area contributed by atoms with Crippen LogP contribution in [0.5, 0.6) is 17.2 Å². The number of carbonyl (C=O) groups excluding carboxylic acids is 3. The highest BCUT2D eigenvalue weighted by Crippen LogP contribution is 2.53. The van der Waals surface area contributed by atoms with Crippen LogP contribution in [0.1, 0.15) is 85.6 Å². The van der Waals surface area contributed by atoms with Crippen molar-refractivity contribution in [2.24, 2.45) is 5.41 Å². The molecule has 1 aliphatic rings. The summed E-state index contributed by atoms with van der Waals surface area (Å²) in [4.78, 5) is 48.4. The van der Waals surface area contributed by atoms with Crippen molar-refractivity contribution in [3.63, 3.8) is 0 Å². The van der Waals surface area contributed by atoms with Crippen molar-refractivity contribution < 1.29 is 51.6 Å². The van der Waals surface area contributed by atoms with Gasteiger partial charge in [-0.25, -0.2) is 13.8 Å². The van der Waals surface area contributed by atoms with Gasteiger partial charge in [-0.2, -0.15) is 10.2 Å². The number of nitriles is 1. The average Bonchev–Trinajstić information content (AvgIpc) is 3.91. The Morgan fingerprint density at radius 1 is 0.835 bits per heavy atom. The number of nitrogens with one attached hydrogen (secondary N) is 4. The minimum atomic E-state index is -1.82. The second kappa shape index (κ2) is 29.4. The molecule has 8 N–H and O–H groups in total. The molecule has 1 fully saturated rings. The molecule has 1 saturated heterocycles. The maximum atomic E-state index is 16.2. The van der Waals surface area contributed by atoms with Crippen LogP contribution in [0, 0.1) is 28.4 Å². The number of carbonyl (C=O) groups is 3. The molecule has 3 amide bonds. The van der Waals surface area contributed by atoms with Gasteiger partial charge in [-0.1, -0.05) is 87.3 Å². The summed E-state index contributed by atoms with van der Waals surface area (Å²) >= 11 is 12.4. The van der Waals surface area contributed by atoms with Crippen LogP contribution in [0.3, 0.4) is 0 Å². The SMILES string of the molecule is CCc1nc(N)nc(N)c1OCCCOc1ccccc1CCC(=O)NCCOCCOCCOCCNC(=O)c1ccc(NC(=O)C2N[C@@H](CC(C)(C)C)[C@](C#N)(c3ccc(Cl)cc3F)[C@H]2c2cccc(Cl)c2F)c(OC)c1. The normalized spacial score (nSPS) is 16.9. The Labute approximate surface area is 469 Å². The summed E-state index contributed by atoms with van der Waals surface area (Å²) in [5, 5.41) is 22.8. The van der Waals surface area contributed by atoms with Gasteiger partial charge in [0.25, 0.3) is 5.91 Å². The lowest BCUT2D eigenvalue weighted by Crippen LogP contribution is -2.45. The quantitative estimate of drug-likeness (QED) is 0.0247. The van der Waals surface area contributed by atoms with Gasteiger partial charge in [-0.3, -0.25) is 14.4 Å². The van der Waals surface area contributed by atoms with Crippen molar-refractivity contribution in [3.8, 4) is 23.3 Å². The van der Waals surface area contributed by atoms with Crippen molar-refractivity contribution in [1.29, 1.82) is 5.26 Å². The van der Waals surface area contributed by atoms with E-state index in [0.29, 0.717) is 82.6 Å². The second-order valence-corrected chi connectivity index (χ2v) is 20.6. The molecule has 1 aliphatic heterocycles. The molecule has 0 bridgehead atoms. The second-order valence-electron chi connectivity index (χ2n) is 19.8. The first-order valence-corrected chi connectivity index (χ1v) is 26.7. The number of ether oxygens (including phenoxy) is 6. The van der Waals surface area contributed by atoms with Crippen LogP contribution >= 0.6 is 23.2 Å². The molecule has 18 nitrogen and oxygen atoms in total. The van der Waals surface area contributed by atoms with Crippen LogP contribution in [-0.2, 0) is 42.1 Å². The van der Waals surface area contributed by atoms with Crippen molar-refractivity contribution in [3.05, 3.63) is 128 Å². The third-order valence-electron chi connectivity index (χ3n) is 13.0. The number of aromatic nitrogens is 2. The molecule has 4 atom stereocenters. The topological polar surface area (TPSA) is 256 Å². The fourth-order valence-corrected chi connectivity index (χ4v) is 9.72. The van der Waals surface area contributed by atoms with Crippen molar-refractivity contribution in [2.45, 2.75) is 83.2 Å². The Kier molecular flexibility index (Phi) is 22.8. The van der Waals surface area contributed by atoms with E-state index in [1.54, 1.807) is 0 Å². The van der Waals surface area contributed by atoms with Gasteiger partial charge in [0, 0.05) is 54.0 Å². The van der Waals surface area contributed by atoms with Gasteiger partial charge in [-0.05, 0) is 78.3 Å². The number of nitrogen functional groups attached to an aromatic ring is 2. The first-order valence-electron chi connectivity index (χ1n) is 26.0. The maximum Gasteiger partial charge on any atom is 0.251 e. The largest absolute Gasteiger partial charge is 0.495 e. The maximum absolute atomic E-state index is 16.2. The van der Waals surface area contributed by atoms with Crippen molar-refractivity contribution in [1.82, 2.24) is 25.9 Å². The molecule has 1 unspecified atom stereocenters. The molecule has 2 heterocycles. The van der Waals surface area contributed by atoms with E-state index in [9.17, 15) is 19.6 Å². The van der Waals surface area contributed by atoms with E-state index in [-0.39, 0.29) is 88.4 Å². The van der Waals surface area contributed by atoms with E-state index in [4.69, 9.17) is 63.1 Å². The minimum absolute atomic E-state index is 0.0502. The number of halogens is 4. The number of rotatable bonds is 29. The Morgan fingerprint density at radius 2 is 1.53 bits per heavy atom. The molecular formula is C57H69Cl2F2N9O9. The Morgan fingerprint density at radius 3 is 2.22 bits per heavy atom. The number of methoxy groups -OCH3 is 1. The van der Waals surface area contributed by atoms with Crippen LogP contribution in [0.15, 0.2) is 78.9 Å². The molecule has 0 radical (unpaired) electrons. The lowest BCUT2D eigenvalue weighted by atomic mass is 9.62. The van der Waals surface area contributed by atoms with E-state index in [0.717, 1.165) is 11.6 Å². The number of benzene rings is 4. The highest BCUT2D eigenvalue weighted by atomic mass is 35.5. The minimum Gasteiger partial charge on any atom is -0.495 e. The van der Waals surface area contributed by atoms with Crippen molar-refractivity contribution in [2.75, 3.05) is 89.8 Å². The summed E-state index contributed by atoms with van der Waals surface area (Å²) in [6.45, 7) is 10.8. The number of aryl methyl sites for hydroxylation is 2. The summed E-state index contributed by atoms with van der Waals surface area (Å²) in [6.07, 6.45) is 2.25. The van der Waals surface area contributed by atoms with Crippen LogP contribution < -0.4 is 46.9 Å². The molecule has 5 aromatic rings. The smallest absolute Gasteiger partial charge is 0.251 e. The van der Waals surface area contributed by atoms with E-state index in [2.05, 4.69) is 37.3 Å². The fraction of sp³-hybridized carbons (Fsp3) is 0.439. The van der Waals surface area contributed by atoms with Gasteiger partial charge in [0.05, 0.1) is 88.5 Å². The standard InChI is InChI=1S/C57H69Cl2F2N9O9/c1-6-42-51(52(63)70-55(64)68-42)79-24-10-23-78-44-14-8-7-11-35(44)16-20-47(71)65-21-25-75-27-29-77-30-28-76-26-22-66-53(72)36-15-19-43(45(31-36)74-5)67-54(73)50-48(38-12-9-13-40(59)49(38)61)57(34-62,46(69-50)33-56(2,3)4)39-18-17-37(58)32-41(39)60/h7-9,11-15,17-19,31-32,46,48,50,69H,6,10,16,20-30,33H2,1-5H3,(H,65,71)(H,66,72)(H,67,73)(H4,63,64,68,70)/t46-,48-,50?,57-/m0/s1. The number of anilines is 3. The third-order valence-corrected chi connectivity index (χ3v) is 13.5. The van der Waals surface area contributed by atoms with Crippen LogP contribution in [-0.4, -0.2) is 113 Å². The number of hydrogen-bond acceptors (Lipinski definition) is 15. The highest BCUT2D eigenvalue weighted by Gasteiger charge is 2.61. The predicted molar refractivity (Wildman–Crippen MR) is 298 cm³/mol. The molecular weight excluding hydrogens is 1060 g/mol. The van der Waals surface area contributed by atoms with E-state index >= 15 is 8.78 Å². The number of amides is 3. The van der Waals surface area contributed by atoms with Gasteiger partial charge in [0.2, 0.25) is 17.8 Å². The Hall–Kier alpha value is -6.86. The first kappa shape index (κ1) is 61.4. The number of hydrogen-bond donors (Lipinski definition) is 6. The highest BCUT2D eigenvalue weighted by molar-refractivity contribution is 6.31. The number of para-hydroxylation sites is 1. The molecule has 0 aliphatic carbocycles. The van der Waals surface area contributed by atoms with E-state index in [1.165, 1.54) is 55.6 Å². The summed E-state index contributed by atoms with van der Waals surface area (Å²) < 4.78 is 66.4. The summed E-state index contributed by atoms with van der Waals surface area (Å²) in [5.41, 5.74) is 11.3. The molecule has 1 aromatic heterocycles. The molecule has 424 valence electrons.